The molecule has 0 unspecified atom stereocenters. The zero-order valence-corrected chi connectivity index (χ0v) is 21.1. The first-order valence-corrected chi connectivity index (χ1v) is 12.3. The fourth-order valence-corrected chi connectivity index (χ4v) is 3.71. The summed E-state index contributed by atoms with van der Waals surface area (Å²) in [6.45, 7) is 2.87. The Morgan fingerprint density at radius 2 is 1.62 bits per heavy atom. The number of nitrogens with zero attached hydrogens (tertiary/aromatic N) is 2. The van der Waals surface area contributed by atoms with Crippen molar-refractivity contribution in [2.24, 2.45) is 0 Å². The van der Waals surface area contributed by atoms with Gasteiger partial charge < -0.3 is 15.4 Å². The van der Waals surface area contributed by atoms with E-state index in [1.54, 1.807) is 36.3 Å². The molecule has 9 nitrogen and oxygen atoms in total. The lowest BCUT2D eigenvalue weighted by molar-refractivity contribution is -0.384. The van der Waals surface area contributed by atoms with E-state index in [0.29, 0.717) is 42.2 Å². The number of hydrogen-bond acceptors (Lipinski definition) is 5. The minimum Gasteiger partial charge on any atom is -0.497 e. The third-order valence-electron chi connectivity index (χ3n) is 5.84. The predicted molar refractivity (Wildman–Crippen MR) is 144 cm³/mol. The van der Waals surface area contributed by atoms with Gasteiger partial charge in [0.15, 0.2) is 0 Å². The number of carbonyl (C=O) groups is 2. The summed E-state index contributed by atoms with van der Waals surface area (Å²) in [4.78, 5) is 37.6. The number of nitro groups is 1. The number of carbonyl (C=O) groups excluding carboxylic acids is 2. The maximum absolute atomic E-state index is 13.1. The van der Waals surface area contributed by atoms with Crippen molar-refractivity contribution in [2.75, 3.05) is 30.4 Å². The van der Waals surface area contributed by atoms with Gasteiger partial charge in [-0.2, -0.15) is 0 Å². The summed E-state index contributed by atoms with van der Waals surface area (Å²) in [5.74, 6) is 0.501. The minimum absolute atomic E-state index is 0.0589. The normalized spacial score (nSPS) is 10.4. The highest BCUT2D eigenvalue weighted by Crippen LogP contribution is 2.22. The van der Waals surface area contributed by atoms with Crippen LogP contribution in [0.1, 0.15) is 42.1 Å². The minimum atomic E-state index is -0.496. The molecule has 3 aromatic rings. The van der Waals surface area contributed by atoms with Crippen molar-refractivity contribution in [1.82, 2.24) is 5.32 Å². The first-order chi connectivity index (χ1) is 17.9. The number of amides is 3. The second-order valence-corrected chi connectivity index (χ2v) is 8.49. The van der Waals surface area contributed by atoms with Crippen molar-refractivity contribution in [2.45, 2.75) is 32.6 Å². The second-order valence-electron chi connectivity index (χ2n) is 8.49. The Labute approximate surface area is 216 Å². The Bertz CT molecular complexity index is 1180. The molecule has 0 saturated carbocycles. The van der Waals surface area contributed by atoms with Gasteiger partial charge in [0.25, 0.3) is 11.6 Å². The molecule has 0 atom stereocenters. The lowest BCUT2D eigenvalue weighted by Crippen LogP contribution is -2.37. The van der Waals surface area contributed by atoms with Crippen LogP contribution in [0.25, 0.3) is 0 Å². The largest absolute Gasteiger partial charge is 0.497 e. The molecular formula is C28H32N4O5. The molecule has 0 aliphatic rings. The highest BCUT2D eigenvalue weighted by Gasteiger charge is 2.17. The summed E-state index contributed by atoms with van der Waals surface area (Å²) in [5, 5.41) is 16.6. The molecule has 37 heavy (non-hydrogen) atoms. The first kappa shape index (κ1) is 27.2. The van der Waals surface area contributed by atoms with Crippen LogP contribution in [-0.2, 0) is 6.42 Å². The van der Waals surface area contributed by atoms with Crippen molar-refractivity contribution >= 4 is 29.0 Å². The van der Waals surface area contributed by atoms with Crippen LogP contribution < -0.4 is 20.3 Å². The molecular weight excluding hydrogens is 472 g/mol. The molecule has 194 valence electrons. The van der Waals surface area contributed by atoms with E-state index < -0.39 is 11.0 Å². The Hall–Kier alpha value is -4.40. The molecule has 0 bridgehead atoms. The molecule has 0 heterocycles. The molecule has 0 aliphatic heterocycles. The molecule has 3 aromatic carbocycles. The van der Waals surface area contributed by atoms with Gasteiger partial charge >= 0.3 is 6.03 Å². The van der Waals surface area contributed by atoms with Crippen molar-refractivity contribution < 1.29 is 19.2 Å². The van der Waals surface area contributed by atoms with Crippen molar-refractivity contribution in [1.29, 1.82) is 0 Å². The van der Waals surface area contributed by atoms with E-state index in [9.17, 15) is 19.7 Å². The number of non-ortho nitro benzene ring substituents is 1. The number of ether oxygens (including phenoxy) is 1. The van der Waals surface area contributed by atoms with E-state index in [1.807, 2.05) is 24.3 Å². The molecule has 0 saturated heterocycles. The topological polar surface area (TPSA) is 114 Å². The number of urea groups is 1. The van der Waals surface area contributed by atoms with Gasteiger partial charge in [0, 0.05) is 42.2 Å². The average molecular weight is 505 g/mol. The van der Waals surface area contributed by atoms with Crippen LogP contribution in [0.15, 0.2) is 72.8 Å². The maximum atomic E-state index is 13.1. The third-order valence-corrected chi connectivity index (χ3v) is 5.84. The van der Waals surface area contributed by atoms with E-state index in [1.165, 1.54) is 29.8 Å². The van der Waals surface area contributed by atoms with Gasteiger partial charge in [0.1, 0.15) is 5.75 Å². The molecule has 0 aliphatic carbocycles. The van der Waals surface area contributed by atoms with Gasteiger partial charge in [-0.15, -0.1) is 0 Å². The van der Waals surface area contributed by atoms with Gasteiger partial charge in [0.05, 0.1) is 12.0 Å². The number of aryl methyl sites for hydroxylation is 1. The van der Waals surface area contributed by atoms with E-state index in [0.717, 1.165) is 19.3 Å². The second kappa shape index (κ2) is 13.6. The first-order valence-electron chi connectivity index (χ1n) is 12.3. The lowest BCUT2D eigenvalue weighted by atomic mass is 10.1. The van der Waals surface area contributed by atoms with Gasteiger partial charge in [0.2, 0.25) is 0 Å². The summed E-state index contributed by atoms with van der Waals surface area (Å²) in [6, 6.07) is 19.9. The zero-order valence-electron chi connectivity index (χ0n) is 21.1. The summed E-state index contributed by atoms with van der Waals surface area (Å²) in [7, 11) is 1.56. The lowest BCUT2D eigenvalue weighted by Gasteiger charge is -2.23. The molecule has 9 heteroatoms. The van der Waals surface area contributed by atoms with Crippen LogP contribution in [-0.4, -0.2) is 37.1 Å². The highest BCUT2D eigenvalue weighted by atomic mass is 16.6. The number of benzene rings is 3. The monoisotopic (exact) mass is 504 g/mol. The van der Waals surface area contributed by atoms with Crippen LogP contribution in [0.4, 0.5) is 21.9 Å². The Balaban J connectivity index is 1.60. The van der Waals surface area contributed by atoms with Crippen LogP contribution in [0.2, 0.25) is 0 Å². The van der Waals surface area contributed by atoms with E-state index in [4.69, 9.17) is 4.74 Å². The fraction of sp³-hybridized carbons (Fsp3) is 0.286. The van der Waals surface area contributed by atoms with Gasteiger partial charge in [-0.05, 0) is 73.4 Å². The van der Waals surface area contributed by atoms with Crippen molar-refractivity contribution in [3.8, 4) is 5.75 Å². The standard InChI is InChI=1S/C28H32N4O5/c1-3-4-6-21-7-9-22(10-8-21)27(33)29-19-5-20-31(24-15-17-26(37-2)18-16-24)28(34)30-23-11-13-25(14-12-23)32(35)36/h7-18H,3-6,19-20H2,1-2H3,(H,29,33)(H,30,34). The summed E-state index contributed by atoms with van der Waals surface area (Å²) < 4.78 is 5.21. The quantitative estimate of drug-likeness (QED) is 0.184. The number of nitrogens with one attached hydrogen (secondary N) is 2. The van der Waals surface area contributed by atoms with Crippen molar-refractivity contribution in [3.63, 3.8) is 0 Å². The van der Waals surface area contributed by atoms with E-state index in [2.05, 4.69) is 17.6 Å². The molecule has 3 rings (SSSR count). The summed E-state index contributed by atoms with van der Waals surface area (Å²) in [5.41, 5.74) is 2.84. The zero-order chi connectivity index (χ0) is 26.6. The Morgan fingerprint density at radius 1 is 0.946 bits per heavy atom. The van der Waals surface area contributed by atoms with Gasteiger partial charge in [-0.3, -0.25) is 19.8 Å². The smallest absolute Gasteiger partial charge is 0.326 e. The van der Waals surface area contributed by atoms with Crippen LogP contribution in [0.5, 0.6) is 5.75 Å². The van der Waals surface area contributed by atoms with Crippen molar-refractivity contribution in [3.05, 3.63) is 94.0 Å². The predicted octanol–water partition coefficient (Wildman–Crippen LogP) is 5.80. The van der Waals surface area contributed by atoms with Gasteiger partial charge in [-0.1, -0.05) is 25.5 Å². The molecule has 0 radical (unpaired) electrons. The van der Waals surface area contributed by atoms with Crippen LogP contribution in [0.3, 0.4) is 0 Å². The maximum Gasteiger partial charge on any atom is 0.326 e. The van der Waals surface area contributed by atoms with E-state index in [-0.39, 0.29) is 11.6 Å². The molecule has 0 spiro atoms. The van der Waals surface area contributed by atoms with Crippen LogP contribution in [0, 0.1) is 10.1 Å². The number of rotatable bonds is 12. The molecule has 2 N–H and O–H groups in total. The SMILES string of the molecule is CCCCc1ccc(C(=O)NCCCN(C(=O)Nc2ccc([N+](=O)[O-])cc2)c2ccc(OC)cc2)cc1. The van der Waals surface area contributed by atoms with E-state index >= 15 is 0 Å². The highest BCUT2D eigenvalue weighted by molar-refractivity contribution is 6.01. The number of methoxy groups -OCH3 is 1. The summed E-state index contributed by atoms with van der Waals surface area (Å²) >= 11 is 0. The molecule has 0 aromatic heterocycles. The number of unbranched alkanes of at least 4 members (excludes halogenated alkanes) is 1. The average Bonchev–Trinajstić information content (AvgIpc) is 2.92. The Kier molecular flexibility index (Phi) is 10.0. The molecule has 3 amide bonds. The van der Waals surface area contributed by atoms with Gasteiger partial charge in [-0.25, -0.2) is 4.79 Å². The number of anilines is 2. The fourth-order valence-electron chi connectivity index (χ4n) is 3.71. The Morgan fingerprint density at radius 3 is 2.22 bits per heavy atom. The van der Waals surface area contributed by atoms with Crippen LogP contribution >= 0.6 is 0 Å². The number of hydrogen-bond donors (Lipinski definition) is 2. The number of nitro benzene ring substituents is 1. The summed E-state index contributed by atoms with van der Waals surface area (Å²) in [6.07, 6.45) is 3.76. The third kappa shape index (κ3) is 8.06. The molecule has 0 fully saturated rings.